The number of ether oxygens (including phenoxy) is 2. The first-order chi connectivity index (χ1) is 14.3. The molecule has 0 aliphatic heterocycles. The van der Waals surface area contributed by atoms with E-state index in [1.54, 1.807) is 24.1 Å². The van der Waals surface area contributed by atoms with Gasteiger partial charge in [0.15, 0.2) is 5.03 Å². The standard InChI is InChI=1S/C24H28N2O3S/c1-6-17-15-18(7-12-21(17)29-16-24(2,3)4)26-14-13-25-22(23(26)27)30-20-10-8-19(28-5)9-11-20/h7-15H,6,16H2,1-5H3. The summed E-state index contributed by atoms with van der Waals surface area (Å²) < 4.78 is 12.8. The van der Waals surface area contributed by atoms with Crippen LogP contribution >= 0.6 is 11.8 Å². The lowest BCUT2D eigenvalue weighted by molar-refractivity contribution is 0.196. The first kappa shape index (κ1) is 22.0. The first-order valence-corrected chi connectivity index (χ1v) is 10.8. The Hall–Kier alpha value is -2.73. The highest BCUT2D eigenvalue weighted by atomic mass is 32.2. The van der Waals surface area contributed by atoms with E-state index in [4.69, 9.17) is 9.47 Å². The smallest absolute Gasteiger partial charge is 0.287 e. The molecule has 0 N–H and O–H groups in total. The summed E-state index contributed by atoms with van der Waals surface area (Å²) in [5.74, 6) is 1.64. The minimum absolute atomic E-state index is 0.0826. The monoisotopic (exact) mass is 424 g/mol. The molecule has 2 aromatic carbocycles. The van der Waals surface area contributed by atoms with Crippen molar-refractivity contribution < 1.29 is 9.47 Å². The zero-order chi connectivity index (χ0) is 21.7. The molecule has 30 heavy (non-hydrogen) atoms. The Bertz CT molecular complexity index is 1050. The van der Waals surface area contributed by atoms with E-state index in [2.05, 4.69) is 32.7 Å². The van der Waals surface area contributed by atoms with Crippen LogP contribution < -0.4 is 15.0 Å². The third-order valence-electron chi connectivity index (χ3n) is 4.45. The Kier molecular flexibility index (Phi) is 6.87. The number of methoxy groups -OCH3 is 1. The van der Waals surface area contributed by atoms with Gasteiger partial charge in [-0.15, -0.1) is 0 Å². The van der Waals surface area contributed by atoms with Gasteiger partial charge in [-0.05, 0) is 59.9 Å². The summed E-state index contributed by atoms with van der Waals surface area (Å²) >= 11 is 1.34. The number of aryl methyl sites for hydroxylation is 1. The maximum absolute atomic E-state index is 13.1. The van der Waals surface area contributed by atoms with Gasteiger partial charge in [0, 0.05) is 23.0 Å². The third kappa shape index (κ3) is 5.45. The van der Waals surface area contributed by atoms with Gasteiger partial charge in [-0.2, -0.15) is 0 Å². The summed E-state index contributed by atoms with van der Waals surface area (Å²) in [5.41, 5.74) is 1.81. The van der Waals surface area contributed by atoms with Crippen LogP contribution in [0.3, 0.4) is 0 Å². The zero-order valence-electron chi connectivity index (χ0n) is 18.1. The Morgan fingerprint density at radius 1 is 1.10 bits per heavy atom. The number of hydrogen-bond acceptors (Lipinski definition) is 5. The third-order valence-corrected chi connectivity index (χ3v) is 5.43. The lowest BCUT2D eigenvalue weighted by Crippen LogP contribution is -2.21. The maximum Gasteiger partial charge on any atom is 0.287 e. The van der Waals surface area contributed by atoms with E-state index in [9.17, 15) is 4.79 Å². The molecule has 0 bridgehead atoms. The predicted molar refractivity (Wildman–Crippen MR) is 121 cm³/mol. The van der Waals surface area contributed by atoms with Crippen LogP contribution in [-0.2, 0) is 6.42 Å². The van der Waals surface area contributed by atoms with Crippen molar-refractivity contribution in [2.24, 2.45) is 5.41 Å². The van der Waals surface area contributed by atoms with Gasteiger partial charge in [0.25, 0.3) is 5.56 Å². The van der Waals surface area contributed by atoms with Crippen molar-refractivity contribution in [1.29, 1.82) is 0 Å². The van der Waals surface area contributed by atoms with Crippen molar-refractivity contribution >= 4 is 11.8 Å². The van der Waals surface area contributed by atoms with Crippen molar-refractivity contribution in [2.45, 2.75) is 44.0 Å². The molecule has 1 heterocycles. The molecule has 6 heteroatoms. The SMILES string of the molecule is CCc1cc(-n2ccnc(Sc3ccc(OC)cc3)c2=O)ccc1OCC(C)(C)C. The molecule has 0 spiro atoms. The number of nitrogens with zero attached hydrogens (tertiary/aromatic N) is 2. The minimum atomic E-state index is -0.149. The Morgan fingerprint density at radius 2 is 1.83 bits per heavy atom. The lowest BCUT2D eigenvalue weighted by atomic mass is 9.98. The molecule has 0 aliphatic carbocycles. The molecule has 1 aromatic heterocycles. The maximum atomic E-state index is 13.1. The van der Waals surface area contributed by atoms with Crippen LogP contribution in [0.1, 0.15) is 33.3 Å². The van der Waals surface area contributed by atoms with Gasteiger partial charge < -0.3 is 9.47 Å². The summed E-state index contributed by atoms with van der Waals surface area (Å²) in [6, 6.07) is 13.4. The van der Waals surface area contributed by atoms with Crippen molar-refractivity contribution in [3.8, 4) is 17.2 Å². The summed E-state index contributed by atoms with van der Waals surface area (Å²) in [5, 5.41) is 0.425. The van der Waals surface area contributed by atoms with Gasteiger partial charge in [-0.3, -0.25) is 9.36 Å². The van der Waals surface area contributed by atoms with Crippen LogP contribution in [-0.4, -0.2) is 23.3 Å². The highest BCUT2D eigenvalue weighted by molar-refractivity contribution is 7.99. The van der Waals surface area contributed by atoms with Gasteiger partial charge in [0.2, 0.25) is 0 Å². The molecule has 0 atom stereocenters. The fourth-order valence-corrected chi connectivity index (χ4v) is 3.64. The largest absolute Gasteiger partial charge is 0.497 e. The van der Waals surface area contributed by atoms with Gasteiger partial charge in [0.05, 0.1) is 13.7 Å². The van der Waals surface area contributed by atoms with Crippen LogP contribution in [0.2, 0.25) is 0 Å². The Labute approximate surface area is 182 Å². The molecule has 0 saturated heterocycles. The number of benzene rings is 2. The predicted octanol–water partition coefficient (Wildman–Crippen LogP) is 5.38. The number of rotatable bonds is 7. The molecule has 0 amide bonds. The van der Waals surface area contributed by atoms with Crippen LogP contribution in [0.4, 0.5) is 0 Å². The van der Waals surface area contributed by atoms with Crippen molar-refractivity contribution in [2.75, 3.05) is 13.7 Å². The summed E-state index contributed by atoms with van der Waals surface area (Å²) in [6.45, 7) is 9.16. The molecule has 0 radical (unpaired) electrons. The van der Waals surface area contributed by atoms with Crippen LogP contribution in [0, 0.1) is 5.41 Å². The second-order valence-electron chi connectivity index (χ2n) is 8.18. The molecular formula is C24H28N2O3S. The van der Waals surface area contributed by atoms with Gasteiger partial charge >= 0.3 is 0 Å². The average molecular weight is 425 g/mol. The van der Waals surface area contributed by atoms with Crippen molar-refractivity contribution in [3.63, 3.8) is 0 Å². The Morgan fingerprint density at radius 3 is 2.47 bits per heavy atom. The second kappa shape index (κ2) is 9.39. The molecule has 0 aliphatic rings. The van der Waals surface area contributed by atoms with Crippen molar-refractivity contribution in [1.82, 2.24) is 9.55 Å². The van der Waals surface area contributed by atoms with E-state index in [0.717, 1.165) is 34.1 Å². The molecule has 5 nitrogen and oxygen atoms in total. The number of hydrogen-bond donors (Lipinski definition) is 0. The van der Waals surface area contributed by atoms with E-state index >= 15 is 0 Å². The highest BCUT2D eigenvalue weighted by Gasteiger charge is 2.14. The van der Waals surface area contributed by atoms with E-state index in [-0.39, 0.29) is 11.0 Å². The Balaban J connectivity index is 1.88. The van der Waals surface area contributed by atoms with Gasteiger partial charge in [-0.25, -0.2) is 4.98 Å². The molecule has 0 saturated carbocycles. The quantitative estimate of drug-likeness (QED) is 0.510. The van der Waals surface area contributed by atoms with Gasteiger partial charge in [-0.1, -0.05) is 39.5 Å². The molecular weight excluding hydrogens is 396 g/mol. The van der Waals surface area contributed by atoms with Gasteiger partial charge in [0.1, 0.15) is 11.5 Å². The zero-order valence-corrected chi connectivity index (χ0v) is 19.0. The second-order valence-corrected chi connectivity index (χ2v) is 9.24. The molecule has 3 rings (SSSR count). The molecule has 0 fully saturated rings. The lowest BCUT2D eigenvalue weighted by Gasteiger charge is -2.20. The summed E-state index contributed by atoms with van der Waals surface area (Å²) in [6.07, 6.45) is 4.17. The number of aromatic nitrogens is 2. The highest BCUT2D eigenvalue weighted by Crippen LogP contribution is 2.27. The van der Waals surface area contributed by atoms with E-state index in [1.165, 1.54) is 11.8 Å². The molecule has 0 unspecified atom stereocenters. The average Bonchev–Trinajstić information content (AvgIpc) is 2.73. The van der Waals surface area contributed by atoms with Crippen LogP contribution in [0.15, 0.2) is 69.6 Å². The van der Waals surface area contributed by atoms with E-state index in [0.29, 0.717) is 11.6 Å². The minimum Gasteiger partial charge on any atom is -0.497 e. The molecule has 3 aromatic rings. The van der Waals surface area contributed by atoms with Crippen LogP contribution in [0.25, 0.3) is 5.69 Å². The molecule has 158 valence electrons. The first-order valence-electron chi connectivity index (χ1n) is 9.96. The van der Waals surface area contributed by atoms with E-state index in [1.807, 2.05) is 42.5 Å². The fourth-order valence-electron chi connectivity index (χ4n) is 2.85. The summed E-state index contributed by atoms with van der Waals surface area (Å²) in [4.78, 5) is 18.3. The normalized spacial score (nSPS) is 11.4. The topological polar surface area (TPSA) is 53.4 Å². The fraction of sp³-hybridized carbons (Fsp3) is 0.333. The van der Waals surface area contributed by atoms with E-state index < -0.39 is 0 Å². The van der Waals surface area contributed by atoms with Crippen LogP contribution in [0.5, 0.6) is 11.5 Å². The van der Waals surface area contributed by atoms with Crippen molar-refractivity contribution in [3.05, 3.63) is 70.8 Å². The summed E-state index contributed by atoms with van der Waals surface area (Å²) in [7, 11) is 1.63.